The van der Waals surface area contributed by atoms with Crippen LogP contribution in [0.25, 0.3) is 0 Å². The lowest BCUT2D eigenvalue weighted by molar-refractivity contribution is 0.102. The lowest BCUT2D eigenvalue weighted by Crippen LogP contribution is -2.14. The number of carbonyl (C=O) groups is 1. The van der Waals surface area contributed by atoms with Crippen LogP contribution in [0.3, 0.4) is 0 Å². The minimum absolute atomic E-state index is 0.366. The molecule has 0 spiro atoms. The van der Waals surface area contributed by atoms with E-state index in [1.165, 1.54) is 6.07 Å². The first-order chi connectivity index (χ1) is 8.99. The summed E-state index contributed by atoms with van der Waals surface area (Å²) in [6, 6.07) is 8.54. The molecular formula is C15H13F2NO. The smallest absolute Gasteiger partial charge is 0.255 e. The average Bonchev–Trinajstić information content (AvgIpc) is 2.37. The number of carbonyl (C=O) groups excluding carboxylic acids is 1. The van der Waals surface area contributed by atoms with E-state index in [0.717, 1.165) is 23.3 Å². The quantitative estimate of drug-likeness (QED) is 0.874. The number of hydrogen-bond donors (Lipinski definition) is 1. The Bertz CT molecular complexity index is 618. The van der Waals surface area contributed by atoms with E-state index in [4.69, 9.17) is 0 Å². The molecule has 0 heterocycles. The summed E-state index contributed by atoms with van der Waals surface area (Å²) in [4.78, 5) is 11.9. The molecule has 0 saturated carbocycles. The maximum Gasteiger partial charge on any atom is 0.255 e. The van der Waals surface area contributed by atoms with Crippen LogP contribution in [0.2, 0.25) is 0 Å². The zero-order valence-corrected chi connectivity index (χ0v) is 10.6. The first-order valence-electron chi connectivity index (χ1n) is 5.81. The van der Waals surface area contributed by atoms with Crippen molar-refractivity contribution < 1.29 is 13.6 Å². The van der Waals surface area contributed by atoms with Crippen molar-refractivity contribution in [1.29, 1.82) is 0 Å². The van der Waals surface area contributed by atoms with Gasteiger partial charge in [0.15, 0.2) is 0 Å². The van der Waals surface area contributed by atoms with E-state index in [0.29, 0.717) is 5.56 Å². The van der Waals surface area contributed by atoms with E-state index < -0.39 is 23.2 Å². The number of aryl methyl sites for hydroxylation is 2. The van der Waals surface area contributed by atoms with Crippen LogP contribution in [-0.2, 0) is 0 Å². The lowest BCUT2D eigenvalue weighted by Gasteiger charge is -2.08. The Morgan fingerprint density at radius 2 is 1.63 bits per heavy atom. The van der Waals surface area contributed by atoms with Crippen molar-refractivity contribution in [2.24, 2.45) is 0 Å². The fourth-order valence-electron chi connectivity index (χ4n) is 1.69. The highest BCUT2D eigenvalue weighted by molar-refractivity contribution is 6.04. The Morgan fingerprint density at radius 3 is 2.21 bits per heavy atom. The molecule has 0 fully saturated rings. The van der Waals surface area contributed by atoms with Gasteiger partial charge in [-0.05, 0) is 49.2 Å². The summed E-state index contributed by atoms with van der Waals surface area (Å²) in [5.41, 5.74) is 1.94. The van der Waals surface area contributed by atoms with E-state index in [9.17, 15) is 13.6 Å². The van der Waals surface area contributed by atoms with Gasteiger partial charge in [0.05, 0.1) is 0 Å². The van der Waals surface area contributed by atoms with Crippen LogP contribution in [0.15, 0.2) is 36.4 Å². The van der Waals surface area contributed by atoms with Crippen LogP contribution in [0.1, 0.15) is 21.5 Å². The van der Waals surface area contributed by atoms with Crippen LogP contribution in [-0.4, -0.2) is 5.91 Å². The van der Waals surface area contributed by atoms with E-state index in [1.807, 2.05) is 13.8 Å². The SMILES string of the molecule is Cc1ccc(C(=O)Nc2c(F)cccc2F)cc1C. The van der Waals surface area contributed by atoms with Gasteiger partial charge in [-0.1, -0.05) is 12.1 Å². The third-order valence-corrected chi connectivity index (χ3v) is 2.97. The van der Waals surface area contributed by atoms with E-state index in [1.54, 1.807) is 18.2 Å². The number of para-hydroxylation sites is 1. The molecule has 0 saturated heterocycles. The van der Waals surface area contributed by atoms with E-state index in [-0.39, 0.29) is 0 Å². The lowest BCUT2D eigenvalue weighted by atomic mass is 10.1. The Kier molecular flexibility index (Phi) is 3.60. The number of nitrogens with one attached hydrogen (secondary N) is 1. The molecule has 0 radical (unpaired) electrons. The van der Waals surface area contributed by atoms with Crippen LogP contribution in [0, 0.1) is 25.5 Å². The summed E-state index contributed by atoms with van der Waals surface area (Å²) in [7, 11) is 0. The van der Waals surface area contributed by atoms with Gasteiger partial charge in [0, 0.05) is 5.56 Å². The van der Waals surface area contributed by atoms with Gasteiger partial charge in [-0.15, -0.1) is 0 Å². The highest BCUT2D eigenvalue weighted by Gasteiger charge is 2.13. The summed E-state index contributed by atoms with van der Waals surface area (Å²) in [6.07, 6.45) is 0. The third kappa shape index (κ3) is 2.78. The number of hydrogen-bond acceptors (Lipinski definition) is 1. The Hall–Kier alpha value is -2.23. The number of anilines is 1. The summed E-state index contributed by atoms with van der Waals surface area (Å²) in [6.45, 7) is 3.79. The molecule has 2 aromatic rings. The summed E-state index contributed by atoms with van der Waals surface area (Å²) in [5, 5.41) is 2.25. The highest BCUT2D eigenvalue weighted by atomic mass is 19.1. The standard InChI is InChI=1S/C15H13F2NO/c1-9-6-7-11(8-10(9)2)15(19)18-14-12(16)4-3-5-13(14)17/h3-8H,1-2H3,(H,18,19). The number of benzene rings is 2. The molecule has 0 bridgehead atoms. The second-order valence-electron chi connectivity index (χ2n) is 4.35. The minimum atomic E-state index is -0.794. The van der Waals surface area contributed by atoms with Gasteiger partial charge >= 0.3 is 0 Å². The molecule has 0 aliphatic carbocycles. The number of rotatable bonds is 2. The van der Waals surface area contributed by atoms with Crippen LogP contribution < -0.4 is 5.32 Å². The average molecular weight is 261 g/mol. The molecule has 0 unspecified atom stereocenters. The van der Waals surface area contributed by atoms with Crippen molar-refractivity contribution in [3.05, 3.63) is 64.7 Å². The first-order valence-corrected chi connectivity index (χ1v) is 5.81. The molecule has 0 atom stereocenters. The third-order valence-electron chi connectivity index (χ3n) is 2.97. The number of halogens is 2. The fourth-order valence-corrected chi connectivity index (χ4v) is 1.69. The Labute approximate surface area is 110 Å². The van der Waals surface area contributed by atoms with Crippen molar-refractivity contribution in [3.63, 3.8) is 0 Å². The molecule has 0 aromatic heterocycles. The van der Waals surface area contributed by atoms with Crippen molar-refractivity contribution in [2.45, 2.75) is 13.8 Å². The molecule has 4 heteroatoms. The highest BCUT2D eigenvalue weighted by Crippen LogP contribution is 2.19. The molecule has 0 aliphatic rings. The molecule has 0 aliphatic heterocycles. The number of amides is 1. The molecule has 19 heavy (non-hydrogen) atoms. The monoisotopic (exact) mass is 261 g/mol. The Morgan fingerprint density at radius 1 is 1.00 bits per heavy atom. The van der Waals surface area contributed by atoms with Crippen LogP contribution in [0.5, 0.6) is 0 Å². The van der Waals surface area contributed by atoms with Gasteiger partial charge in [-0.25, -0.2) is 8.78 Å². The van der Waals surface area contributed by atoms with Crippen molar-refractivity contribution >= 4 is 11.6 Å². The van der Waals surface area contributed by atoms with Gasteiger partial charge in [-0.2, -0.15) is 0 Å². The molecule has 2 rings (SSSR count). The Balaban J connectivity index is 2.28. The predicted octanol–water partition coefficient (Wildman–Crippen LogP) is 3.83. The van der Waals surface area contributed by atoms with Crippen LogP contribution in [0.4, 0.5) is 14.5 Å². The first kappa shape index (κ1) is 13.2. The van der Waals surface area contributed by atoms with E-state index in [2.05, 4.69) is 5.32 Å². The maximum absolute atomic E-state index is 13.4. The molecule has 1 amide bonds. The van der Waals surface area contributed by atoms with Gasteiger partial charge in [0.1, 0.15) is 17.3 Å². The predicted molar refractivity (Wildman–Crippen MR) is 70.2 cm³/mol. The molecule has 98 valence electrons. The maximum atomic E-state index is 13.4. The second kappa shape index (κ2) is 5.18. The topological polar surface area (TPSA) is 29.1 Å². The molecule has 2 nitrogen and oxygen atoms in total. The van der Waals surface area contributed by atoms with Crippen molar-refractivity contribution in [1.82, 2.24) is 0 Å². The van der Waals surface area contributed by atoms with Gasteiger partial charge in [-0.3, -0.25) is 4.79 Å². The minimum Gasteiger partial charge on any atom is -0.317 e. The molecular weight excluding hydrogens is 248 g/mol. The van der Waals surface area contributed by atoms with E-state index >= 15 is 0 Å². The molecule has 2 aromatic carbocycles. The normalized spacial score (nSPS) is 10.3. The van der Waals surface area contributed by atoms with Gasteiger partial charge in [0.2, 0.25) is 0 Å². The summed E-state index contributed by atoms with van der Waals surface area (Å²) in [5.74, 6) is -2.12. The fraction of sp³-hybridized carbons (Fsp3) is 0.133. The summed E-state index contributed by atoms with van der Waals surface area (Å²) < 4.78 is 26.8. The zero-order chi connectivity index (χ0) is 14.0. The van der Waals surface area contributed by atoms with Gasteiger partial charge < -0.3 is 5.32 Å². The van der Waals surface area contributed by atoms with Crippen molar-refractivity contribution in [3.8, 4) is 0 Å². The zero-order valence-electron chi connectivity index (χ0n) is 10.6. The van der Waals surface area contributed by atoms with Gasteiger partial charge in [0.25, 0.3) is 5.91 Å². The molecule has 1 N–H and O–H groups in total. The largest absolute Gasteiger partial charge is 0.317 e. The summed E-state index contributed by atoms with van der Waals surface area (Å²) >= 11 is 0. The van der Waals surface area contributed by atoms with Crippen LogP contribution >= 0.6 is 0 Å². The van der Waals surface area contributed by atoms with Crippen molar-refractivity contribution in [2.75, 3.05) is 5.32 Å². The second-order valence-corrected chi connectivity index (χ2v) is 4.35.